The van der Waals surface area contributed by atoms with Crippen LogP contribution in [-0.2, 0) is 0 Å². The van der Waals surface area contributed by atoms with Crippen LogP contribution in [0.15, 0.2) is 187 Å². The van der Waals surface area contributed by atoms with Crippen molar-refractivity contribution in [2.75, 3.05) is 4.90 Å². The lowest BCUT2D eigenvalue weighted by Crippen LogP contribution is -2.18. The van der Waals surface area contributed by atoms with Gasteiger partial charge in [0.25, 0.3) is 0 Å². The number of allylic oxidation sites excluding steroid dienone is 2. The van der Waals surface area contributed by atoms with Gasteiger partial charge in [0.2, 0.25) is 0 Å². The van der Waals surface area contributed by atoms with Crippen LogP contribution in [0.25, 0.3) is 60.3 Å². The highest BCUT2D eigenvalue weighted by molar-refractivity contribution is 6.17. The van der Waals surface area contributed by atoms with E-state index in [0.717, 1.165) is 28.1 Å². The first-order chi connectivity index (χ1) is 25.8. The topological polar surface area (TPSA) is 15.6 Å². The molecule has 52 heavy (non-hydrogen) atoms. The quantitative estimate of drug-likeness (QED) is 0.135. The van der Waals surface area contributed by atoms with Crippen LogP contribution < -0.4 is 15.5 Å². The molecule has 2 nitrogen and oxygen atoms in total. The monoisotopic (exact) mass is 660 g/mol. The fourth-order valence-corrected chi connectivity index (χ4v) is 8.73. The summed E-state index contributed by atoms with van der Waals surface area (Å²) >= 11 is 0. The van der Waals surface area contributed by atoms with Crippen LogP contribution in [0, 0.1) is 0 Å². The van der Waals surface area contributed by atoms with E-state index in [9.17, 15) is 0 Å². The number of hydrogen-bond donors (Lipinski definition) is 0. The predicted molar refractivity (Wildman–Crippen MR) is 219 cm³/mol. The Labute approximate surface area is 301 Å². The molecule has 2 aliphatic rings. The second-order valence-electron chi connectivity index (χ2n) is 13.9. The summed E-state index contributed by atoms with van der Waals surface area (Å²) in [7, 11) is 0. The summed E-state index contributed by atoms with van der Waals surface area (Å²) < 4.78 is 0. The molecule has 0 fully saturated rings. The fraction of sp³-hybridized carbons (Fsp3) is 0.0200. The molecule has 1 atom stereocenters. The third-order valence-corrected chi connectivity index (χ3v) is 11.0. The lowest BCUT2D eigenvalue weighted by atomic mass is 9.80. The molecule has 0 saturated carbocycles. The highest BCUT2D eigenvalue weighted by atomic mass is 15.1. The van der Waals surface area contributed by atoms with Crippen molar-refractivity contribution in [2.45, 2.75) is 5.92 Å². The van der Waals surface area contributed by atoms with E-state index in [-0.39, 0.29) is 5.92 Å². The van der Waals surface area contributed by atoms with Crippen LogP contribution >= 0.6 is 0 Å². The molecule has 0 N–H and O–H groups in total. The maximum Gasteiger partial charge on any atom is 0.0737 e. The molecule has 1 aliphatic carbocycles. The van der Waals surface area contributed by atoms with Crippen LogP contribution in [-0.4, -0.2) is 0 Å². The molecule has 0 radical (unpaired) electrons. The van der Waals surface area contributed by atoms with E-state index in [4.69, 9.17) is 4.99 Å². The number of rotatable bonds is 4. The highest BCUT2D eigenvalue weighted by Crippen LogP contribution is 2.48. The van der Waals surface area contributed by atoms with Crippen molar-refractivity contribution in [3.8, 4) is 11.1 Å². The van der Waals surface area contributed by atoms with Gasteiger partial charge in [-0.1, -0.05) is 133 Å². The Balaban J connectivity index is 1.19. The summed E-state index contributed by atoms with van der Waals surface area (Å²) in [6.45, 7) is 0. The van der Waals surface area contributed by atoms with Crippen molar-refractivity contribution in [3.05, 3.63) is 204 Å². The molecule has 1 heterocycles. The first-order valence-corrected chi connectivity index (χ1v) is 18.0. The molecule has 11 rings (SSSR count). The number of benzene rings is 9. The maximum atomic E-state index is 5.24. The van der Waals surface area contributed by atoms with Crippen LogP contribution in [0.1, 0.15) is 17.0 Å². The number of hydrogen-bond acceptors (Lipinski definition) is 2. The fourth-order valence-electron chi connectivity index (χ4n) is 8.73. The van der Waals surface area contributed by atoms with Crippen LogP contribution in [0.4, 0.5) is 22.7 Å². The minimum absolute atomic E-state index is 0.135. The Bertz CT molecular complexity index is 3030. The number of fused-ring (bicyclic) bond motifs is 12. The van der Waals surface area contributed by atoms with Crippen molar-refractivity contribution in [1.82, 2.24) is 0 Å². The van der Waals surface area contributed by atoms with E-state index in [2.05, 4.69) is 193 Å². The van der Waals surface area contributed by atoms with Gasteiger partial charge in [-0.3, -0.25) is 0 Å². The summed E-state index contributed by atoms with van der Waals surface area (Å²) in [5, 5.41) is 12.5. The third kappa shape index (κ3) is 4.34. The van der Waals surface area contributed by atoms with Gasteiger partial charge in [-0.25, -0.2) is 4.99 Å². The molecule has 1 aliphatic heterocycles. The van der Waals surface area contributed by atoms with Gasteiger partial charge in [0.1, 0.15) is 0 Å². The SMILES string of the molecule is C1=CC(c2ccc3ccccc3c2)c2c(c3ccccc3c3cc4c5c(ccc4cc23)=Nc2cccc(N(c3ccccc3)c3ccccc3)c2-5)=C1. The van der Waals surface area contributed by atoms with Crippen LogP contribution in [0.2, 0.25) is 0 Å². The van der Waals surface area contributed by atoms with Crippen molar-refractivity contribution in [1.29, 1.82) is 0 Å². The molecule has 9 aromatic carbocycles. The molecule has 0 saturated heterocycles. The zero-order valence-corrected chi connectivity index (χ0v) is 28.4. The van der Waals surface area contributed by atoms with Gasteiger partial charge in [-0.2, -0.15) is 0 Å². The van der Waals surface area contributed by atoms with E-state index in [1.807, 2.05) is 0 Å². The van der Waals surface area contributed by atoms with Crippen molar-refractivity contribution in [3.63, 3.8) is 0 Å². The van der Waals surface area contributed by atoms with E-state index in [1.165, 1.54) is 70.6 Å². The number of anilines is 3. The Morgan fingerprint density at radius 2 is 1.17 bits per heavy atom. The molecule has 0 amide bonds. The largest absolute Gasteiger partial charge is 0.310 e. The standard InChI is InChI=1S/C50H32N2/c1-3-15-36(16-4-1)52(37-17-5-2-6-18-37)47-24-12-23-45-50(47)49-42-31-43-40-20-10-9-19-39(40)41-22-11-21-38(34-26-25-32-13-7-8-14-33(32)29-34)48(41)44(43)30-35(42)27-28-46(49)51-45/h1-31,38H. The van der Waals surface area contributed by atoms with Crippen molar-refractivity contribution < 1.29 is 0 Å². The second-order valence-corrected chi connectivity index (χ2v) is 13.9. The average molecular weight is 661 g/mol. The van der Waals surface area contributed by atoms with E-state index >= 15 is 0 Å². The second kappa shape index (κ2) is 11.4. The molecule has 242 valence electrons. The van der Waals surface area contributed by atoms with Crippen LogP contribution in [0.3, 0.4) is 0 Å². The van der Waals surface area contributed by atoms with Crippen LogP contribution in [0.5, 0.6) is 0 Å². The molecular weight excluding hydrogens is 629 g/mol. The molecule has 0 spiro atoms. The summed E-state index contributed by atoms with van der Waals surface area (Å²) in [5.74, 6) is 0.135. The van der Waals surface area contributed by atoms with Crippen molar-refractivity contribution >= 4 is 71.9 Å². The minimum atomic E-state index is 0.135. The maximum absolute atomic E-state index is 5.24. The zero-order chi connectivity index (χ0) is 34.2. The smallest absolute Gasteiger partial charge is 0.0737 e. The van der Waals surface area contributed by atoms with Gasteiger partial charge in [-0.05, 0) is 114 Å². The normalized spacial score (nSPS) is 14.2. The Kier molecular flexibility index (Phi) is 6.35. The Hall–Kier alpha value is -6.77. The lowest BCUT2D eigenvalue weighted by Gasteiger charge is -2.28. The van der Waals surface area contributed by atoms with Gasteiger partial charge < -0.3 is 4.90 Å². The van der Waals surface area contributed by atoms with E-state index in [0.29, 0.717) is 0 Å². The van der Waals surface area contributed by atoms with Gasteiger partial charge in [0.15, 0.2) is 0 Å². The lowest BCUT2D eigenvalue weighted by molar-refractivity contribution is 1.03. The minimum Gasteiger partial charge on any atom is -0.310 e. The summed E-state index contributed by atoms with van der Waals surface area (Å²) in [4.78, 5) is 7.61. The van der Waals surface area contributed by atoms with Gasteiger partial charge in [0.05, 0.1) is 16.7 Å². The molecule has 1 unspecified atom stereocenters. The molecule has 9 aromatic rings. The van der Waals surface area contributed by atoms with E-state index in [1.54, 1.807) is 0 Å². The predicted octanol–water partition coefficient (Wildman–Crippen LogP) is 12.2. The molecule has 2 heteroatoms. The molecule has 0 bridgehead atoms. The van der Waals surface area contributed by atoms with Gasteiger partial charge in [0, 0.05) is 28.4 Å². The van der Waals surface area contributed by atoms with Gasteiger partial charge >= 0.3 is 0 Å². The third-order valence-electron chi connectivity index (χ3n) is 11.0. The van der Waals surface area contributed by atoms with Crippen molar-refractivity contribution in [2.24, 2.45) is 4.99 Å². The molecular formula is C50H32N2. The zero-order valence-electron chi connectivity index (χ0n) is 28.4. The number of para-hydroxylation sites is 2. The van der Waals surface area contributed by atoms with Gasteiger partial charge in [-0.15, -0.1) is 0 Å². The summed E-state index contributed by atoms with van der Waals surface area (Å²) in [5.41, 5.74) is 9.41. The Morgan fingerprint density at radius 3 is 1.98 bits per heavy atom. The molecule has 0 aromatic heterocycles. The van der Waals surface area contributed by atoms with E-state index < -0.39 is 0 Å². The highest BCUT2D eigenvalue weighted by Gasteiger charge is 2.27. The summed E-state index contributed by atoms with van der Waals surface area (Å²) in [6.07, 6.45) is 6.93. The Morgan fingerprint density at radius 1 is 0.462 bits per heavy atom. The first kappa shape index (κ1) is 29.0. The first-order valence-electron chi connectivity index (χ1n) is 18.0. The number of nitrogens with zero attached hydrogens (tertiary/aromatic N) is 2. The average Bonchev–Trinajstić information content (AvgIpc) is 3.61. The summed E-state index contributed by atoms with van der Waals surface area (Å²) in [6, 6.07) is 61.8.